The molecule has 0 aliphatic carbocycles. The summed E-state index contributed by atoms with van der Waals surface area (Å²) in [5.41, 5.74) is 0. The van der Waals surface area contributed by atoms with Gasteiger partial charge < -0.3 is 15.5 Å². The number of nitrogens with one attached hydrogen (secondary N) is 2. The zero-order valence-corrected chi connectivity index (χ0v) is 10.9. The normalized spacial score (nSPS) is 31.5. The summed E-state index contributed by atoms with van der Waals surface area (Å²) in [6, 6.07) is 0.457. The highest BCUT2D eigenvalue weighted by atomic mass is 16.2. The lowest BCUT2D eigenvalue weighted by Crippen LogP contribution is -2.61. The maximum absolute atomic E-state index is 12.3. The van der Waals surface area contributed by atoms with Gasteiger partial charge >= 0.3 is 0 Å². The van der Waals surface area contributed by atoms with Crippen LogP contribution in [-0.4, -0.2) is 73.6 Å². The molecule has 0 spiro atoms. The zero-order valence-electron chi connectivity index (χ0n) is 10.9. The average molecular weight is 240 g/mol. The van der Waals surface area contributed by atoms with Crippen LogP contribution >= 0.6 is 0 Å². The largest absolute Gasteiger partial charge is 0.338 e. The van der Waals surface area contributed by atoms with E-state index < -0.39 is 0 Å². The molecule has 0 aromatic rings. The van der Waals surface area contributed by atoms with Crippen molar-refractivity contribution in [2.45, 2.75) is 25.9 Å². The van der Waals surface area contributed by atoms with E-state index in [0.717, 1.165) is 45.8 Å². The van der Waals surface area contributed by atoms with Crippen LogP contribution < -0.4 is 10.6 Å². The molecule has 17 heavy (non-hydrogen) atoms. The summed E-state index contributed by atoms with van der Waals surface area (Å²) in [5.74, 6) is 0.264. The van der Waals surface area contributed by atoms with Gasteiger partial charge in [0.25, 0.3) is 0 Å². The number of rotatable bonds is 2. The summed E-state index contributed by atoms with van der Waals surface area (Å²) in [4.78, 5) is 16.7. The Morgan fingerprint density at radius 3 is 2.76 bits per heavy atom. The fourth-order valence-electron chi connectivity index (χ4n) is 2.71. The van der Waals surface area contributed by atoms with E-state index in [1.165, 1.54) is 0 Å². The molecular weight excluding hydrogens is 216 g/mol. The monoisotopic (exact) mass is 240 g/mol. The van der Waals surface area contributed by atoms with E-state index in [4.69, 9.17) is 0 Å². The smallest absolute Gasteiger partial charge is 0.241 e. The molecule has 2 fully saturated rings. The van der Waals surface area contributed by atoms with Crippen LogP contribution in [0.3, 0.4) is 0 Å². The number of carbonyl (C=O) groups excluding carboxylic acids is 1. The lowest BCUT2D eigenvalue weighted by Gasteiger charge is -2.41. The van der Waals surface area contributed by atoms with Gasteiger partial charge in [-0.05, 0) is 13.5 Å². The van der Waals surface area contributed by atoms with E-state index in [-0.39, 0.29) is 11.9 Å². The Morgan fingerprint density at radius 1 is 1.35 bits per heavy atom. The first-order valence-electron chi connectivity index (χ1n) is 6.69. The van der Waals surface area contributed by atoms with Crippen molar-refractivity contribution in [1.29, 1.82) is 0 Å². The van der Waals surface area contributed by atoms with Crippen molar-refractivity contribution < 1.29 is 4.79 Å². The fraction of sp³-hybridized carbons (Fsp3) is 0.917. The van der Waals surface area contributed by atoms with E-state index in [2.05, 4.69) is 29.4 Å². The van der Waals surface area contributed by atoms with Crippen molar-refractivity contribution in [3.63, 3.8) is 0 Å². The number of hydrogen-bond donors (Lipinski definition) is 2. The molecule has 2 saturated heterocycles. The fourth-order valence-corrected chi connectivity index (χ4v) is 2.71. The van der Waals surface area contributed by atoms with Crippen LogP contribution in [0.15, 0.2) is 0 Å². The van der Waals surface area contributed by atoms with Crippen molar-refractivity contribution in [2.24, 2.45) is 0 Å². The second-order valence-corrected chi connectivity index (χ2v) is 4.97. The molecule has 0 aromatic carbocycles. The van der Waals surface area contributed by atoms with Gasteiger partial charge in [-0.2, -0.15) is 0 Å². The van der Waals surface area contributed by atoms with Gasteiger partial charge in [0.15, 0.2) is 0 Å². The first-order valence-corrected chi connectivity index (χ1v) is 6.69. The Kier molecular flexibility index (Phi) is 4.36. The van der Waals surface area contributed by atoms with E-state index in [9.17, 15) is 4.79 Å². The zero-order chi connectivity index (χ0) is 12.3. The van der Waals surface area contributed by atoms with Gasteiger partial charge in [0.1, 0.15) is 0 Å². The Balaban J connectivity index is 1.87. The second kappa shape index (κ2) is 5.80. The average Bonchev–Trinajstić information content (AvgIpc) is 2.39. The van der Waals surface area contributed by atoms with Crippen LogP contribution in [0.4, 0.5) is 0 Å². The molecule has 0 bridgehead atoms. The van der Waals surface area contributed by atoms with Crippen LogP contribution in [0.1, 0.15) is 13.8 Å². The van der Waals surface area contributed by atoms with Crippen LogP contribution in [0.2, 0.25) is 0 Å². The van der Waals surface area contributed by atoms with Crippen molar-refractivity contribution >= 4 is 5.91 Å². The number of carbonyl (C=O) groups is 1. The molecule has 1 amide bonds. The number of amides is 1. The quantitative estimate of drug-likeness (QED) is 0.657. The van der Waals surface area contributed by atoms with E-state index in [0.29, 0.717) is 6.04 Å². The van der Waals surface area contributed by atoms with Crippen molar-refractivity contribution in [2.75, 3.05) is 45.8 Å². The van der Waals surface area contributed by atoms with Crippen LogP contribution in [0.5, 0.6) is 0 Å². The molecular formula is C12H24N4O. The Hall–Kier alpha value is -0.650. The van der Waals surface area contributed by atoms with Gasteiger partial charge in [0, 0.05) is 45.3 Å². The van der Waals surface area contributed by atoms with Crippen molar-refractivity contribution in [3.8, 4) is 0 Å². The Bertz CT molecular complexity index is 265. The molecule has 5 heteroatoms. The summed E-state index contributed by atoms with van der Waals surface area (Å²) < 4.78 is 0. The summed E-state index contributed by atoms with van der Waals surface area (Å²) >= 11 is 0. The predicted molar refractivity (Wildman–Crippen MR) is 67.9 cm³/mol. The van der Waals surface area contributed by atoms with Gasteiger partial charge in [-0.25, -0.2) is 0 Å². The van der Waals surface area contributed by atoms with Crippen LogP contribution in [-0.2, 0) is 4.79 Å². The summed E-state index contributed by atoms with van der Waals surface area (Å²) in [7, 11) is 0. The minimum atomic E-state index is -0.0240. The Morgan fingerprint density at radius 2 is 2.18 bits per heavy atom. The van der Waals surface area contributed by atoms with Gasteiger partial charge in [-0.1, -0.05) is 6.92 Å². The third kappa shape index (κ3) is 2.97. The number of likely N-dealkylation sites (N-methyl/N-ethyl adjacent to an activating group) is 1. The molecule has 5 nitrogen and oxygen atoms in total. The molecule has 98 valence electrons. The minimum Gasteiger partial charge on any atom is -0.338 e. The van der Waals surface area contributed by atoms with Crippen molar-refractivity contribution in [3.05, 3.63) is 0 Å². The molecule has 2 rings (SSSR count). The summed E-state index contributed by atoms with van der Waals surface area (Å²) in [5, 5.41) is 6.55. The molecule has 2 unspecified atom stereocenters. The van der Waals surface area contributed by atoms with E-state index in [1.54, 1.807) is 0 Å². The lowest BCUT2D eigenvalue weighted by molar-refractivity contribution is -0.136. The standard InChI is InChI=1S/C12H24N4O/c1-3-15-6-7-16(9-10(15)2)12(17)11-8-13-4-5-14-11/h10-11,13-14H,3-9H2,1-2H3. The van der Waals surface area contributed by atoms with Gasteiger partial charge in [0.05, 0.1) is 6.04 Å². The Labute approximate surface area is 104 Å². The third-order valence-corrected chi connectivity index (χ3v) is 3.82. The molecule has 0 saturated carbocycles. The van der Waals surface area contributed by atoms with Gasteiger partial charge in [-0.3, -0.25) is 9.69 Å². The number of nitrogens with zero attached hydrogens (tertiary/aromatic N) is 2. The predicted octanol–water partition coefficient (Wildman–Crippen LogP) is -0.900. The first-order chi connectivity index (χ1) is 8.22. The highest BCUT2D eigenvalue weighted by molar-refractivity contribution is 5.82. The maximum atomic E-state index is 12.3. The van der Waals surface area contributed by atoms with E-state index in [1.807, 2.05) is 4.90 Å². The lowest BCUT2D eigenvalue weighted by atomic mass is 10.1. The first kappa shape index (κ1) is 12.8. The summed E-state index contributed by atoms with van der Waals surface area (Å²) in [6.45, 7) is 10.8. The molecule has 2 aliphatic heterocycles. The SMILES string of the molecule is CCN1CCN(C(=O)C2CNCCN2)CC1C. The number of piperazine rings is 2. The topological polar surface area (TPSA) is 47.6 Å². The molecule has 2 aliphatic rings. The minimum absolute atomic E-state index is 0.0240. The van der Waals surface area contributed by atoms with Crippen molar-refractivity contribution in [1.82, 2.24) is 20.4 Å². The van der Waals surface area contributed by atoms with Gasteiger partial charge in [0.2, 0.25) is 5.91 Å². The summed E-state index contributed by atoms with van der Waals surface area (Å²) in [6.07, 6.45) is 0. The van der Waals surface area contributed by atoms with Crippen LogP contribution in [0.25, 0.3) is 0 Å². The molecule has 2 atom stereocenters. The maximum Gasteiger partial charge on any atom is 0.241 e. The highest BCUT2D eigenvalue weighted by Crippen LogP contribution is 2.10. The van der Waals surface area contributed by atoms with Gasteiger partial charge in [-0.15, -0.1) is 0 Å². The highest BCUT2D eigenvalue weighted by Gasteiger charge is 2.30. The number of hydrogen-bond acceptors (Lipinski definition) is 4. The third-order valence-electron chi connectivity index (χ3n) is 3.82. The molecule has 2 N–H and O–H groups in total. The molecule has 0 aromatic heterocycles. The molecule has 0 radical (unpaired) electrons. The van der Waals surface area contributed by atoms with Crippen LogP contribution in [0, 0.1) is 0 Å². The van der Waals surface area contributed by atoms with E-state index >= 15 is 0 Å². The second-order valence-electron chi connectivity index (χ2n) is 4.97. The molecule has 2 heterocycles.